The average molecular weight is 182 g/mol. The topological polar surface area (TPSA) is 29.3 Å². The van der Waals surface area contributed by atoms with Crippen LogP contribution in [0.5, 0.6) is 0 Å². The third-order valence-corrected chi connectivity index (χ3v) is 1.93. The summed E-state index contributed by atoms with van der Waals surface area (Å²) >= 11 is 0. The molecule has 2 N–H and O–H groups in total. The van der Waals surface area contributed by atoms with E-state index in [9.17, 15) is 0 Å². The second kappa shape index (κ2) is 8.02. The van der Waals surface area contributed by atoms with Gasteiger partial charge in [-0.3, -0.25) is 4.90 Å². The molecule has 0 amide bonds. The molecule has 0 aromatic rings. The third-order valence-electron chi connectivity index (χ3n) is 1.93. The lowest BCUT2D eigenvalue weighted by molar-refractivity contribution is 0.304. The van der Waals surface area contributed by atoms with Crippen molar-refractivity contribution in [2.45, 2.75) is 25.8 Å². The molecule has 76 valence electrons. The molecule has 0 aliphatic carbocycles. The van der Waals surface area contributed by atoms with Crippen LogP contribution in [0, 0.1) is 0 Å². The Bertz CT molecular complexity index is 133. The number of hydrogen-bond donors (Lipinski definition) is 1. The molecular formula is C11H22N2. The van der Waals surface area contributed by atoms with Gasteiger partial charge in [-0.15, -0.1) is 13.2 Å². The molecule has 0 heterocycles. The first-order valence-electron chi connectivity index (χ1n) is 4.94. The minimum Gasteiger partial charge on any atom is -0.327 e. The molecule has 1 atom stereocenters. The SMILES string of the molecule is C=CCN(CC=C)C[C@H](N)CCC. The van der Waals surface area contributed by atoms with Crippen LogP contribution < -0.4 is 5.73 Å². The molecule has 0 rings (SSSR count). The fourth-order valence-corrected chi connectivity index (χ4v) is 1.38. The van der Waals surface area contributed by atoms with E-state index < -0.39 is 0 Å². The van der Waals surface area contributed by atoms with Crippen LogP contribution in [0.3, 0.4) is 0 Å². The van der Waals surface area contributed by atoms with E-state index in [0.29, 0.717) is 0 Å². The van der Waals surface area contributed by atoms with E-state index in [-0.39, 0.29) is 6.04 Å². The minimum atomic E-state index is 0.282. The van der Waals surface area contributed by atoms with Gasteiger partial charge in [-0.1, -0.05) is 25.5 Å². The molecule has 0 unspecified atom stereocenters. The molecule has 0 aromatic carbocycles. The molecule has 0 radical (unpaired) electrons. The Morgan fingerprint density at radius 3 is 2.23 bits per heavy atom. The molecule has 0 aliphatic rings. The molecule has 0 spiro atoms. The number of hydrogen-bond acceptors (Lipinski definition) is 2. The fraction of sp³-hybridized carbons (Fsp3) is 0.636. The third kappa shape index (κ3) is 6.55. The molecule has 0 bridgehead atoms. The van der Waals surface area contributed by atoms with Crippen molar-refractivity contribution >= 4 is 0 Å². The van der Waals surface area contributed by atoms with Crippen LogP contribution in [0.1, 0.15) is 19.8 Å². The first-order valence-corrected chi connectivity index (χ1v) is 4.94. The Morgan fingerprint density at radius 2 is 1.85 bits per heavy atom. The summed E-state index contributed by atoms with van der Waals surface area (Å²) < 4.78 is 0. The Kier molecular flexibility index (Phi) is 7.65. The van der Waals surface area contributed by atoms with Gasteiger partial charge in [-0.2, -0.15) is 0 Å². The zero-order valence-corrected chi connectivity index (χ0v) is 8.71. The monoisotopic (exact) mass is 182 g/mol. The van der Waals surface area contributed by atoms with Gasteiger partial charge in [0.25, 0.3) is 0 Å². The Hall–Kier alpha value is -0.600. The summed E-state index contributed by atoms with van der Waals surface area (Å²) in [7, 11) is 0. The molecule has 13 heavy (non-hydrogen) atoms. The van der Waals surface area contributed by atoms with Crippen molar-refractivity contribution in [3.63, 3.8) is 0 Å². The largest absolute Gasteiger partial charge is 0.327 e. The highest BCUT2D eigenvalue weighted by molar-refractivity contribution is 4.81. The van der Waals surface area contributed by atoms with Gasteiger partial charge in [-0.25, -0.2) is 0 Å². The van der Waals surface area contributed by atoms with E-state index >= 15 is 0 Å². The number of nitrogens with two attached hydrogens (primary N) is 1. The summed E-state index contributed by atoms with van der Waals surface area (Å²) in [4.78, 5) is 2.25. The van der Waals surface area contributed by atoms with Gasteiger partial charge in [0.05, 0.1) is 0 Å². The van der Waals surface area contributed by atoms with Crippen LogP contribution in [0.15, 0.2) is 25.3 Å². The second-order valence-corrected chi connectivity index (χ2v) is 3.34. The average Bonchev–Trinajstić information content (AvgIpc) is 2.05. The lowest BCUT2D eigenvalue weighted by Crippen LogP contribution is -2.37. The van der Waals surface area contributed by atoms with E-state index in [4.69, 9.17) is 5.73 Å². The van der Waals surface area contributed by atoms with Crippen molar-refractivity contribution in [2.24, 2.45) is 5.73 Å². The van der Waals surface area contributed by atoms with Gasteiger partial charge in [0.15, 0.2) is 0 Å². The van der Waals surface area contributed by atoms with E-state index in [2.05, 4.69) is 25.0 Å². The number of rotatable bonds is 8. The normalized spacial score (nSPS) is 12.8. The first-order chi connectivity index (χ1) is 6.24. The molecule has 0 aliphatic heterocycles. The van der Waals surface area contributed by atoms with E-state index in [0.717, 1.165) is 32.5 Å². The fourth-order valence-electron chi connectivity index (χ4n) is 1.38. The lowest BCUT2D eigenvalue weighted by Gasteiger charge is -2.22. The van der Waals surface area contributed by atoms with Crippen LogP contribution in [0.25, 0.3) is 0 Å². The Labute approximate surface area is 82.1 Å². The van der Waals surface area contributed by atoms with Crippen molar-refractivity contribution < 1.29 is 0 Å². The Morgan fingerprint density at radius 1 is 1.31 bits per heavy atom. The zero-order valence-electron chi connectivity index (χ0n) is 8.71. The molecule has 0 fully saturated rings. The maximum absolute atomic E-state index is 5.94. The maximum Gasteiger partial charge on any atom is 0.0167 e. The summed E-state index contributed by atoms with van der Waals surface area (Å²) in [6, 6.07) is 0.282. The van der Waals surface area contributed by atoms with Crippen LogP contribution in [0.4, 0.5) is 0 Å². The molecule has 0 aromatic heterocycles. The van der Waals surface area contributed by atoms with E-state index in [1.54, 1.807) is 0 Å². The summed E-state index contributed by atoms with van der Waals surface area (Å²) in [6.07, 6.45) is 6.05. The predicted molar refractivity (Wildman–Crippen MR) is 59.7 cm³/mol. The minimum absolute atomic E-state index is 0.282. The van der Waals surface area contributed by atoms with Gasteiger partial charge in [0.1, 0.15) is 0 Å². The van der Waals surface area contributed by atoms with E-state index in [1.807, 2.05) is 12.2 Å². The van der Waals surface area contributed by atoms with Gasteiger partial charge in [0, 0.05) is 25.7 Å². The molecular weight excluding hydrogens is 160 g/mol. The highest BCUT2D eigenvalue weighted by atomic mass is 15.1. The van der Waals surface area contributed by atoms with Gasteiger partial charge in [-0.05, 0) is 6.42 Å². The molecule has 2 nitrogen and oxygen atoms in total. The smallest absolute Gasteiger partial charge is 0.0167 e. The van der Waals surface area contributed by atoms with Crippen molar-refractivity contribution in [1.29, 1.82) is 0 Å². The Balaban J connectivity index is 3.77. The van der Waals surface area contributed by atoms with Crippen LogP contribution in [0.2, 0.25) is 0 Å². The molecule has 2 heteroatoms. The first kappa shape index (κ1) is 12.4. The van der Waals surface area contributed by atoms with Crippen molar-refractivity contribution in [3.05, 3.63) is 25.3 Å². The van der Waals surface area contributed by atoms with Crippen molar-refractivity contribution in [3.8, 4) is 0 Å². The summed E-state index contributed by atoms with van der Waals surface area (Å²) in [5, 5.41) is 0. The highest BCUT2D eigenvalue weighted by Gasteiger charge is 2.06. The summed E-state index contributed by atoms with van der Waals surface area (Å²) in [5.41, 5.74) is 5.94. The standard InChI is InChI=1S/C11H22N2/c1-4-7-11(12)10-13(8-5-2)9-6-3/h5-6,11H,2-4,7-10,12H2,1H3/t11-/m1/s1. The zero-order chi connectivity index (χ0) is 10.1. The van der Waals surface area contributed by atoms with Crippen molar-refractivity contribution in [2.75, 3.05) is 19.6 Å². The quantitative estimate of drug-likeness (QED) is 0.580. The lowest BCUT2D eigenvalue weighted by atomic mass is 10.1. The van der Waals surface area contributed by atoms with Crippen LogP contribution >= 0.6 is 0 Å². The van der Waals surface area contributed by atoms with Crippen LogP contribution in [-0.2, 0) is 0 Å². The predicted octanol–water partition coefficient (Wildman–Crippen LogP) is 1.79. The highest BCUT2D eigenvalue weighted by Crippen LogP contribution is 1.98. The van der Waals surface area contributed by atoms with Gasteiger partial charge in [0.2, 0.25) is 0 Å². The number of nitrogens with zero attached hydrogens (tertiary/aromatic N) is 1. The van der Waals surface area contributed by atoms with Gasteiger partial charge >= 0.3 is 0 Å². The van der Waals surface area contributed by atoms with Crippen molar-refractivity contribution in [1.82, 2.24) is 4.90 Å². The van der Waals surface area contributed by atoms with Crippen LogP contribution in [-0.4, -0.2) is 30.6 Å². The summed E-state index contributed by atoms with van der Waals surface area (Å²) in [5.74, 6) is 0. The van der Waals surface area contributed by atoms with Gasteiger partial charge < -0.3 is 5.73 Å². The summed E-state index contributed by atoms with van der Waals surface area (Å²) in [6.45, 7) is 12.3. The molecule has 0 saturated carbocycles. The molecule has 0 saturated heterocycles. The van der Waals surface area contributed by atoms with E-state index in [1.165, 1.54) is 0 Å². The maximum atomic E-state index is 5.94. The second-order valence-electron chi connectivity index (χ2n) is 3.34.